The van der Waals surface area contributed by atoms with E-state index in [2.05, 4.69) is 10.6 Å². The number of aliphatic carboxylic acids is 1. The molecule has 0 saturated heterocycles. The lowest BCUT2D eigenvalue weighted by atomic mass is 10.1. The Hall–Kier alpha value is -2.76. The number of ether oxygens (including phenoxy) is 1. The molecule has 2 aromatic carbocycles. The monoisotopic (exact) mass is 344 g/mol. The number of nitrogens with one attached hydrogen (secondary N) is 2. The van der Waals surface area contributed by atoms with E-state index in [4.69, 9.17) is 9.84 Å². The van der Waals surface area contributed by atoms with E-state index in [-0.39, 0.29) is 12.5 Å². The predicted molar refractivity (Wildman–Crippen MR) is 99.1 cm³/mol. The third-order valence-corrected chi connectivity index (χ3v) is 3.44. The Morgan fingerprint density at radius 3 is 2.20 bits per heavy atom. The van der Waals surface area contributed by atoms with Crippen molar-refractivity contribution in [1.29, 1.82) is 0 Å². The second kappa shape index (κ2) is 7.42. The van der Waals surface area contributed by atoms with E-state index < -0.39 is 17.7 Å². The zero-order valence-corrected chi connectivity index (χ0v) is 14.9. The molecule has 0 aliphatic carbocycles. The van der Waals surface area contributed by atoms with Gasteiger partial charge in [0.25, 0.3) is 0 Å². The number of anilines is 2. The molecule has 1 amide bonds. The molecule has 3 N–H and O–H groups in total. The molecule has 0 spiro atoms. The molecule has 1 atom stereocenters. The topological polar surface area (TPSA) is 87.7 Å². The number of carboxylic acids is 1. The molecular weight excluding hydrogens is 320 g/mol. The van der Waals surface area contributed by atoms with Crippen LogP contribution in [0.2, 0.25) is 0 Å². The highest BCUT2D eigenvalue weighted by molar-refractivity contribution is 6.05. The largest absolute Gasteiger partial charge is 0.481 e. The summed E-state index contributed by atoms with van der Waals surface area (Å²) in [5.74, 6) is -0.854. The van der Waals surface area contributed by atoms with Crippen LogP contribution in [0.3, 0.4) is 0 Å². The molecule has 0 heterocycles. The summed E-state index contributed by atoms with van der Waals surface area (Å²) in [6.45, 7) is 7.24. The molecule has 2 aromatic rings. The van der Waals surface area contributed by atoms with Crippen molar-refractivity contribution in [3.8, 4) is 0 Å². The molecular formula is C19H24N2O4. The molecule has 6 nitrogen and oxygen atoms in total. The standard InChI is InChI=1S/C19H24N2O4/c1-12(11-17(22)23)20-15-9-10-16(14-8-6-5-7-13(14)15)21-18(24)25-19(2,3)4/h5-10,12,20H,11H2,1-4H3,(H,21,24)(H,22,23). The Morgan fingerprint density at radius 2 is 1.64 bits per heavy atom. The van der Waals surface area contributed by atoms with Crippen molar-refractivity contribution in [2.24, 2.45) is 0 Å². The maximum Gasteiger partial charge on any atom is 0.412 e. The number of rotatable bonds is 5. The van der Waals surface area contributed by atoms with Crippen LogP contribution in [0.4, 0.5) is 16.2 Å². The van der Waals surface area contributed by atoms with Gasteiger partial charge in [-0.05, 0) is 39.8 Å². The number of carbonyl (C=O) groups is 2. The van der Waals surface area contributed by atoms with Crippen LogP contribution < -0.4 is 10.6 Å². The van der Waals surface area contributed by atoms with Gasteiger partial charge in [-0.1, -0.05) is 24.3 Å². The van der Waals surface area contributed by atoms with Crippen molar-refractivity contribution in [3.05, 3.63) is 36.4 Å². The second-order valence-corrected chi connectivity index (χ2v) is 6.98. The van der Waals surface area contributed by atoms with Crippen LogP contribution in [0.15, 0.2) is 36.4 Å². The molecule has 0 aliphatic rings. The second-order valence-electron chi connectivity index (χ2n) is 6.98. The fourth-order valence-electron chi connectivity index (χ4n) is 2.53. The van der Waals surface area contributed by atoms with E-state index in [1.807, 2.05) is 58.0 Å². The van der Waals surface area contributed by atoms with Gasteiger partial charge in [-0.25, -0.2) is 4.79 Å². The number of amides is 1. The highest BCUT2D eigenvalue weighted by atomic mass is 16.6. The molecule has 0 bridgehead atoms. The average Bonchev–Trinajstić information content (AvgIpc) is 2.47. The van der Waals surface area contributed by atoms with Gasteiger partial charge >= 0.3 is 12.1 Å². The lowest BCUT2D eigenvalue weighted by Crippen LogP contribution is -2.27. The minimum absolute atomic E-state index is 0.0201. The van der Waals surface area contributed by atoms with Gasteiger partial charge in [0.05, 0.1) is 12.1 Å². The number of hydrogen-bond acceptors (Lipinski definition) is 4. The quantitative estimate of drug-likeness (QED) is 0.745. The van der Waals surface area contributed by atoms with Gasteiger partial charge in [-0.3, -0.25) is 10.1 Å². The molecule has 6 heteroatoms. The van der Waals surface area contributed by atoms with E-state index in [1.165, 1.54) is 0 Å². The molecule has 0 fully saturated rings. The lowest BCUT2D eigenvalue weighted by Gasteiger charge is -2.21. The highest BCUT2D eigenvalue weighted by Gasteiger charge is 2.17. The maximum absolute atomic E-state index is 12.0. The summed E-state index contributed by atoms with van der Waals surface area (Å²) in [7, 11) is 0. The third kappa shape index (κ3) is 5.38. The zero-order chi connectivity index (χ0) is 18.6. The average molecular weight is 344 g/mol. The summed E-state index contributed by atoms with van der Waals surface area (Å²) in [6.07, 6.45) is -0.496. The Balaban J connectivity index is 2.28. The molecule has 0 radical (unpaired) electrons. The fourth-order valence-corrected chi connectivity index (χ4v) is 2.53. The van der Waals surface area contributed by atoms with Crippen LogP contribution in [0, 0.1) is 0 Å². The summed E-state index contributed by atoms with van der Waals surface area (Å²) >= 11 is 0. The normalized spacial score (nSPS) is 12.5. The number of carboxylic acid groups (broad SMARTS) is 1. The van der Waals surface area contributed by atoms with E-state index in [9.17, 15) is 9.59 Å². The first-order chi connectivity index (χ1) is 11.7. The molecule has 0 aliphatic heterocycles. The van der Waals surface area contributed by atoms with Crippen LogP contribution in [0.1, 0.15) is 34.1 Å². The molecule has 25 heavy (non-hydrogen) atoms. The van der Waals surface area contributed by atoms with Crippen molar-refractivity contribution in [3.63, 3.8) is 0 Å². The van der Waals surface area contributed by atoms with Crippen molar-refractivity contribution in [1.82, 2.24) is 0 Å². The molecule has 0 aromatic heterocycles. The third-order valence-electron chi connectivity index (χ3n) is 3.44. The predicted octanol–water partition coefficient (Wildman–Crippen LogP) is 4.46. The molecule has 2 rings (SSSR count). The first-order valence-corrected chi connectivity index (χ1v) is 8.16. The SMILES string of the molecule is CC(CC(=O)O)Nc1ccc(NC(=O)OC(C)(C)C)c2ccccc12. The maximum atomic E-state index is 12.0. The first-order valence-electron chi connectivity index (χ1n) is 8.16. The van der Waals surface area contributed by atoms with Crippen molar-refractivity contribution >= 4 is 34.2 Å². The van der Waals surface area contributed by atoms with Gasteiger partial charge in [0, 0.05) is 22.5 Å². The fraction of sp³-hybridized carbons (Fsp3) is 0.368. The van der Waals surface area contributed by atoms with Crippen molar-refractivity contribution in [2.45, 2.75) is 45.8 Å². The van der Waals surface area contributed by atoms with Crippen molar-refractivity contribution < 1.29 is 19.4 Å². The summed E-state index contributed by atoms with van der Waals surface area (Å²) in [5.41, 5.74) is 0.883. The van der Waals surface area contributed by atoms with Crippen LogP contribution in [0.25, 0.3) is 10.8 Å². The van der Waals surface area contributed by atoms with E-state index in [0.717, 1.165) is 16.5 Å². The van der Waals surface area contributed by atoms with Crippen molar-refractivity contribution in [2.75, 3.05) is 10.6 Å². The molecule has 1 unspecified atom stereocenters. The van der Waals surface area contributed by atoms with Gasteiger partial charge in [0.15, 0.2) is 0 Å². The number of hydrogen-bond donors (Lipinski definition) is 3. The smallest absolute Gasteiger partial charge is 0.412 e. The number of fused-ring (bicyclic) bond motifs is 1. The minimum Gasteiger partial charge on any atom is -0.481 e. The van der Waals surface area contributed by atoms with Crippen LogP contribution in [-0.4, -0.2) is 28.8 Å². The van der Waals surface area contributed by atoms with E-state index >= 15 is 0 Å². The summed E-state index contributed by atoms with van der Waals surface area (Å²) in [4.78, 5) is 22.9. The Morgan fingerprint density at radius 1 is 1.08 bits per heavy atom. The summed E-state index contributed by atoms with van der Waals surface area (Å²) < 4.78 is 5.30. The van der Waals surface area contributed by atoms with Crippen LogP contribution in [0.5, 0.6) is 0 Å². The van der Waals surface area contributed by atoms with Gasteiger partial charge in [0.2, 0.25) is 0 Å². The Kier molecular flexibility index (Phi) is 5.51. The lowest BCUT2D eigenvalue weighted by molar-refractivity contribution is -0.137. The molecule has 0 saturated carbocycles. The number of benzene rings is 2. The minimum atomic E-state index is -0.854. The summed E-state index contributed by atoms with van der Waals surface area (Å²) in [6, 6.07) is 11.0. The number of carbonyl (C=O) groups excluding carboxylic acids is 1. The van der Waals surface area contributed by atoms with Gasteiger partial charge in [-0.2, -0.15) is 0 Å². The van der Waals surface area contributed by atoms with Crippen LogP contribution in [-0.2, 0) is 9.53 Å². The Bertz CT molecular complexity index is 781. The van der Waals surface area contributed by atoms with Gasteiger partial charge in [-0.15, -0.1) is 0 Å². The van der Waals surface area contributed by atoms with Crippen LogP contribution >= 0.6 is 0 Å². The van der Waals surface area contributed by atoms with E-state index in [0.29, 0.717) is 5.69 Å². The van der Waals surface area contributed by atoms with Gasteiger partial charge < -0.3 is 15.2 Å². The van der Waals surface area contributed by atoms with Gasteiger partial charge in [0.1, 0.15) is 5.60 Å². The first kappa shape index (κ1) is 18.6. The zero-order valence-electron chi connectivity index (χ0n) is 14.9. The van der Waals surface area contributed by atoms with E-state index in [1.54, 1.807) is 6.07 Å². The Labute approximate surface area is 147 Å². The summed E-state index contributed by atoms with van der Waals surface area (Å²) in [5, 5.41) is 16.6. The highest BCUT2D eigenvalue weighted by Crippen LogP contribution is 2.31. The molecule has 134 valence electrons.